The van der Waals surface area contributed by atoms with Crippen molar-refractivity contribution in [1.82, 2.24) is 10.2 Å². The molecule has 2 aromatic rings. The van der Waals surface area contributed by atoms with Crippen molar-refractivity contribution < 1.29 is 23.9 Å². The number of fused-ring (bicyclic) bond motifs is 1. The number of hydrogen-bond acceptors (Lipinski definition) is 5. The first kappa shape index (κ1) is 15.9. The Morgan fingerprint density at radius 2 is 1.96 bits per heavy atom. The van der Waals surface area contributed by atoms with Gasteiger partial charge in [0.2, 0.25) is 12.7 Å². The number of ether oxygens (including phenoxy) is 2. The molecule has 0 radical (unpaired) electrons. The molecule has 8 nitrogen and oxygen atoms in total. The minimum absolute atomic E-state index is 0.0133. The predicted molar refractivity (Wildman–Crippen MR) is 90.9 cm³/mol. The second-order valence-corrected chi connectivity index (χ2v) is 5.86. The quantitative estimate of drug-likeness (QED) is 0.816. The van der Waals surface area contributed by atoms with Crippen LogP contribution in [0.15, 0.2) is 42.5 Å². The van der Waals surface area contributed by atoms with Gasteiger partial charge in [-0.2, -0.15) is 0 Å². The van der Waals surface area contributed by atoms with Crippen LogP contribution in [0.25, 0.3) is 0 Å². The summed E-state index contributed by atoms with van der Waals surface area (Å²) in [5.74, 6) is 0.572. The van der Waals surface area contributed by atoms with E-state index in [9.17, 15) is 14.4 Å². The molecule has 4 rings (SSSR count). The number of hydrogen-bond donors (Lipinski definition) is 2. The van der Waals surface area contributed by atoms with E-state index in [4.69, 9.17) is 9.47 Å². The van der Waals surface area contributed by atoms with Crippen molar-refractivity contribution in [2.75, 3.05) is 18.7 Å². The summed E-state index contributed by atoms with van der Waals surface area (Å²) in [6, 6.07) is 11.5. The summed E-state index contributed by atoms with van der Waals surface area (Å²) in [6.07, 6.45) is 0. The largest absolute Gasteiger partial charge is 0.454 e. The van der Waals surface area contributed by atoms with Crippen molar-refractivity contribution in [3.63, 3.8) is 0 Å². The summed E-state index contributed by atoms with van der Waals surface area (Å²) in [7, 11) is 0. The molecule has 2 heterocycles. The summed E-state index contributed by atoms with van der Waals surface area (Å²) in [6.45, 7) is 0.309. The van der Waals surface area contributed by atoms with E-state index in [0.29, 0.717) is 22.7 Å². The lowest BCUT2D eigenvalue weighted by atomic mass is 10.1. The van der Waals surface area contributed by atoms with E-state index in [1.807, 2.05) is 0 Å². The van der Waals surface area contributed by atoms with Crippen molar-refractivity contribution in [3.05, 3.63) is 53.6 Å². The van der Waals surface area contributed by atoms with Crippen LogP contribution in [0.4, 0.5) is 10.5 Å². The highest BCUT2D eigenvalue weighted by Gasteiger charge is 2.28. The molecule has 132 valence electrons. The highest BCUT2D eigenvalue weighted by molar-refractivity contribution is 6.05. The fourth-order valence-electron chi connectivity index (χ4n) is 2.79. The number of carbonyl (C=O) groups is 3. The third-order valence-corrected chi connectivity index (χ3v) is 4.10. The van der Waals surface area contributed by atoms with E-state index in [2.05, 4.69) is 10.6 Å². The van der Waals surface area contributed by atoms with Crippen LogP contribution in [0.3, 0.4) is 0 Å². The van der Waals surface area contributed by atoms with Crippen molar-refractivity contribution in [1.29, 1.82) is 0 Å². The number of rotatable bonds is 4. The van der Waals surface area contributed by atoms with Gasteiger partial charge in [-0.25, -0.2) is 4.79 Å². The highest BCUT2D eigenvalue weighted by atomic mass is 16.7. The molecule has 2 N–H and O–H groups in total. The molecule has 0 unspecified atom stereocenters. The van der Waals surface area contributed by atoms with E-state index >= 15 is 0 Å². The highest BCUT2D eigenvalue weighted by Crippen LogP contribution is 2.32. The Balaban J connectivity index is 1.47. The van der Waals surface area contributed by atoms with Crippen LogP contribution in [0, 0.1) is 0 Å². The molecule has 0 saturated carbocycles. The smallest absolute Gasteiger partial charge is 0.324 e. The maximum Gasteiger partial charge on any atom is 0.324 e. The van der Waals surface area contributed by atoms with E-state index < -0.39 is 6.03 Å². The number of amides is 4. The minimum Gasteiger partial charge on any atom is -0.454 e. The molecule has 0 aliphatic carbocycles. The Bertz CT molecular complexity index is 895. The van der Waals surface area contributed by atoms with Crippen LogP contribution < -0.4 is 20.1 Å². The van der Waals surface area contributed by atoms with Gasteiger partial charge >= 0.3 is 6.03 Å². The summed E-state index contributed by atoms with van der Waals surface area (Å²) < 4.78 is 10.5. The van der Waals surface area contributed by atoms with Gasteiger partial charge in [-0.05, 0) is 35.9 Å². The van der Waals surface area contributed by atoms with Gasteiger partial charge in [-0.15, -0.1) is 0 Å². The van der Waals surface area contributed by atoms with E-state index in [0.717, 1.165) is 10.5 Å². The van der Waals surface area contributed by atoms with Gasteiger partial charge in [0, 0.05) is 11.3 Å². The summed E-state index contributed by atoms with van der Waals surface area (Å²) in [5.41, 5.74) is 1.74. The van der Waals surface area contributed by atoms with E-state index in [-0.39, 0.29) is 31.7 Å². The summed E-state index contributed by atoms with van der Waals surface area (Å²) in [5, 5.41) is 5.27. The van der Waals surface area contributed by atoms with Gasteiger partial charge in [-0.1, -0.05) is 12.1 Å². The molecule has 1 fully saturated rings. The number of nitrogens with one attached hydrogen (secondary N) is 2. The fourth-order valence-corrected chi connectivity index (χ4v) is 2.79. The molecular formula is C18H15N3O5. The second-order valence-electron chi connectivity index (χ2n) is 5.86. The lowest BCUT2D eigenvalue weighted by molar-refractivity contribution is -0.125. The summed E-state index contributed by atoms with van der Waals surface area (Å²) >= 11 is 0. The average molecular weight is 353 g/mol. The summed E-state index contributed by atoms with van der Waals surface area (Å²) in [4.78, 5) is 36.9. The second kappa shape index (κ2) is 6.40. The molecule has 0 bridgehead atoms. The molecule has 0 spiro atoms. The Morgan fingerprint density at radius 1 is 1.12 bits per heavy atom. The van der Waals surface area contributed by atoms with Crippen LogP contribution in [0.2, 0.25) is 0 Å². The predicted octanol–water partition coefficient (Wildman–Crippen LogP) is 1.72. The van der Waals surface area contributed by atoms with Crippen LogP contribution in [0.5, 0.6) is 11.5 Å². The van der Waals surface area contributed by atoms with Crippen molar-refractivity contribution in [2.45, 2.75) is 6.54 Å². The fraction of sp³-hybridized carbons (Fsp3) is 0.167. The average Bonchev–Trinajstić information content (AvgIpc) is 3.23. The first-order chi connectivity index (χ1) is 12.6. The zero-order chi connectivity index (χ0) is 18.1. The van der Waals surface area contributed by atoms with Gasteiger partial charge in [0.15, 0.2) is 11.5 Å². The lowest BCUT2D eigenvalue weighted by Crippen LogP contribution is -2.30. The van der Waals surface area contributed by atoms with E-state index in [1.54, 1.807) is 42.5 Å². The first-order valence-corrected chi connectivity index (χ1v) is 7.98. The third-order valence-electron chi connectivity index (χ3n) is 4.10. The molecule has 2 aromatic carbocycles. The van der Waals surface area contributed by atoms with Crippen LogP contribution >= 0.6 is 0 Å². The maximum atomic E-state index is 12.4. The number of anilines is 1. The third kappa shape index (κ3) is 3.04. The van der Waals surface area contributed by atoms with Gasteiger partial charge in [-0.3, -0.25) is 14.5 Å². The standard InChI is InChI=1S/C18H15N3O5/c22-16-8-19-18(24)21(16)9-11-2-1-3-13(6-11)20-17(23)12-4-5-14-15(7-12)26-10-25-14/h1-7H,8-10H2,(H,19,24)(H,20,23). The van der Waals surface area contributed by atoms with Crippen LogP contribution in [-0.2, 0) is 11.3 Å². The molecule has 0 atom stereocenters. The lowest BCUT2D eigenvalue weighted by Gasteiger charge is -2.13. The molecule has 0 aromatic heterocycles. The van der Waals surface area contributed by atoms with Crippen molar-refractivity contribution in [3.8, 4) is 11.5 Å². The molecule has 26 heavy (non-hydrogen) atoms. The zero-order valence-corrected chi connectivity index (χ0v) is 13.7. The topological polar surface area (TPSA) is 97.0 Å². The molecule has 1 saturated heterocycles. The van der Waals surface area contributed by atoms with E-state index in [1.165, 1.54) is 0 Å². The number of urea groups is 1. The normalized spacial score (nSPS) is 15.2. The maximum absolute atomic E-state index is 12.4. The minimum atomic E-state index is -0.412. The zero-order valence-electron chi connectivity index (χ0n) is 13.7. The Morgan fingerprint density at radius 3 is 2.77 bits per heavy atom. The molecule has 8 heteroatoms. The van der Waals surface area contributed by atoms with Crippen molar-refractivity contribution in [2.24, 2.45) is 0 Å². The Kier molecular flexibility index (Phi) is 3.92. The first-order valence-electron chi connectivity index (χ1n) is 7.98. The van der Waals surface area contributed by atoms with Gasteiger partial charge in [0.1, 0.15) is 0 Å². The Hall–Kier alpha value is -3.55. The molecular weight excluding hydrogens is 338 g/mol. The molecule has 4 amide bonds. The van der Waals surface area contributed by atoms with Gasteiger partial charge in [0.05, 0.1) is 13.1 Å². The van der Waals surface area contributed by atoms with Crippen LogP contribution in [0.1, 0.15) is 15.9 Å². The number of nitrogens with zero attached hydrogens (tertiary/aromatic N) is 1. The SMILES string of the molecule is O=C(Nc1cccc(CN2C(=O)CNC2=O)c1)c1ccc2c(c1)OCO2. The Labute approximate surface area is 148 Å². The monoisotopic (exact) mass is 353 g/mol. The van der Waals surface area contributed by atoms with Gasteiger partial charge < -0.3 is 20.1 Å². The number of carbonyl (C=O) groups excluding carboxylic acids is 3. The van der Waals surface area contributed by atoms with Crippen molar-refractivity contribution >= 4 is 23.5 Å². The van der Waals surface area contributed by atoms with Crippen LogP contribution in [-0.4, -0.2) is 36.1 Å². The number of benzene rings is 2. The van der Waals surface area contributed by atoms with Gasteiger partial charge in [0.25, 0.3) is 5.91 Å². The number of imide groups is 1. The molecule has 2 aliphatic heterocycles. The molecule has 2 aliphatic rings.